The Morgan fingerprint density at radius 2 is 1.85 bits per heavy atom. The Balaban J connectivity index is 1.15. The number of hydrogen-bond acceptors (Lipinski definition) is 8. The monoisotopic (exact) mass is 615 g/mol. The summed E-state index contributed by atoms with van der Waals surface area (Å²) in [5, 5.41) is 14.9. The SMILES string of the molecule is CC1(c2onc(-c3c(Cl)cccc3Cl)c2C(=O)O[C@H]2CC3CC[C@@H](C2)N3c2nc3c(F)cc(C(=O)O)cc3s2)CC1. The molecule has 3 atom stereocenters. The number of carbonyl (C=O) groups excluding carboxylic acids is 1. The first-order valence-corrected chi connectivity index (χ1v) is 15.0. The number of aromatic nitrogens is 2. The van der Waals surface area contributed by atoms with E-state index >= 15 is 0 Å². The van der Waals surface area contributed by atoms with Crippen LogP contribution >= 0.6 is 34.5 Å². The average molecular weight is 616 g/mol. The number of thiazole rings is 1. The van der Waals surface area contributed by atoms with Crippen LogP contribution in [-0.2, 0) is 10.2 Å². The first-order valence-electron chi connectivity index (χ1n) is 13.4. The van der Waals surface area contributed by atoms with E-state index in [2.05, 4.69) is 15.0 Å². The molecule has 4 aromatic rings. The molecule has 2 aromatic heterocycles. The maximum absolute atomic E-state index is 14.6. The summed E-state index contributed by atoms with van der Waals surface area (Å²) in [7, 11) is 0. The summed E-state index contributed by atoms with van der Waals surface area (Å²) in [6.07, 6.45) is 4.34. The number of benzene rings is 2. The summed E-state index contributed by atoms with van der Waals surface area (Å²) in [5.41, 5.74) is 0.757. The van der Waals surface area contributed by atoms with Crippen molar-refractivity contribution >= 4 is 61.8 Å². The molecule has 4 heterocycles. The van der Waals surface area contributed by atoms with E-state index in [1.807, 2.05) is 6.92 Å². The van der Waals surface area contributed by atoms with Crippen LogP contribution in [0.2, 0.25) is 10.0 Å². The summed E-state index contributed by atoms with van der Waals surface area (Å²) in [4.78, 5) is 31.9. The van der Waals surface area contributed by atoms with Gasteiger partial charge in [-0.25, -0.2) is 19.0 Å². The van der Waals surface area contributed by atoms with Gasteiger partial charge in [0.25, 0.3) is 0 Å². The molecular weight excluding hydrogens is 592 g/mol. The van der Waals surface area contributed by atoms with Crippen molar-refractivity contribution in [2.24, 2.45) is 0 Å². The van der Waals surface area contributed by atoms with Crippen LogP contribution in [0.25, 0.3) is 21.5 Å². The molecular formula is C29H24Cl2FN3O5S. The number of ether oxygens (including phenoxy) is 1. The van der Waals surface area contributed by atoms with Crippen LogP contribution in [0.5, 0.6) is 0 Å². The zero-order valence-corrected chi connectivity index (χ0v) is 24.2. The number of carbonyl (C=O) groups is 2. The lowest BCUT2D eigenvalue weighted by molar-refractivity contribution is 0.0201. The molecule has 12 heteroatoms. The number of anilines is 1. The van der Waals surface area contributed by atoms with Crippen molar-refractivity contribution in [1.29, 1.82) is 0 Å². The Hall–Kier alpha value is -3.21. The molecule has 41 heavy (non-hydrogen) atoms. The van der Waals surface area contributed by atoms with Gasteiger partial charge in [0.05, 0.1) is 20.3 Å². The quantitative estimate of drug-likeness (QED) is 0.222. The number of aromatic carboxylic acids is 1. The summed E-state index contributed by atoms with van der Waals surface area (Å²) < 4.78 is 27.0. The number of rotatable bonds is 6. The van der Waals surface area contributed by atoms with Crippen LogP contribution in [0, 0.1) is 5.82 Å². The molecule has 2 bridgehead atoms. The molecule has 7 rings (SSSR count). The van der Waals surface area contributed by atoms with E-state index in [4.69, 9.17) is 32.5 Å². The minimum Gasteiger partial charge on any atom is -0.478 e. The normalized spacial score (nSPS) is 22.7. The minimum atomic E-state index is -1.19. The van der Waals surface area contributed by atoms with E-state index < -0.39 is 17.8 Å². The summed E-state index contributed by atoms with van der Waals surface area (Å²) >= 11 is 14.2. The zero-order valence-electron chi connectivity index (χ0n) is 21.8. The predicted octanol–water partition coefficient (Wildman–Crippen LogP) is 7.50. The van der Waals surface area contributed by atoms with E-state index in [-0.39, 0.29) is 45.9 Å². The second kappa shape index (κ2) is 9.68. The van der Waals surface area contributed by atoms with Crippen LogP contribution < -0.4 is 4.90 Å². The molecule has 1 N–H and O–H groups in total. The van der Waals surface area contributed by atoms with Crippen molar-refractivity contribution in [2.75, 3.05) is 4.90 Å². The highest BCUT2D eigenvalue weighted by Gasteiger charge is 2.49. The minimum absolute atomic E-state index is 0.0505. The van der Waals surface area contributed by atoms with Crippen LogP contribution in [0.1, 0.15) is 71.9 Å². The highest BCUT2D eigenvalue weighted by atomic mass is 35.5. The van der Waals surface area contributed by atoms with Gasteiger partial charge in [0, 0.05) is 35.9 Å². The van der Waals surface area contributed by atoms with E-state index in [1.54, 1.807) is 18.2 Å². The maximum Gasteiger partial charge on any atom is 0.344 e. The molecule has 8 nitrogen and oxygen atoms in total. The van der Waals surface area contributed by atoms with E-state index in [0.717, 1.165) is 31.7 Å². The molecule has 1 saturated carbocycles. The van der Waals surface area contributed by atoms with Gasteiger partial charge in [-0.1, -0.05) is 52.7 Å². The van der Waals surface area contributed by atoms with Gasteiger partial charge in [0.1, 0.15) is 22.9 Å². The Morgan fingerprint density at radius 1 is 1.17 bits per heavy atom. The molecule has 0 amide bonds. The molecule has 3 fully saturated rings. The molecule has 2 aliphatic heterocycles. The average Bonchev–Trinajstić information content (AvgIpc) is 3.23. The van der Waals surface area contributed by atoms with Crippen molar-refractivity contribution in [3.05, 3.63) is 63.1 Å². The lowest BCUT2D eigenvalue weighted by atomic mass is 9.97. The fraction of sp³-hybridized carbons (Fsp3) is 0.379. The fourth-order valence-electron chi connectivity index (χ4n) is 6.16. The Kier molecular flexibility index (Phi) is 6.29. The van der Waals surface area contributed by atoms with E-state index in [0.29, 0.717) is 44.0 Å². The molecule has 2 aromatic carbocycles. The van der Waals surface area contributed by atoms with Gasteiger partial charge in [-0.05, 0) is 49.9 Å². The number of hydrogen-bond donors (Lipinski definition) is 1. The second-order valence-corrected chi connectivity index (χ2v) is 13.1. The van der Waals surface area contributed by atoms with Crippen LogP contribution in [0.3, 0.4) is 0 Å². The number of fused-ring (bicyclic) bond motifs is 3. The molecule has 2 saturated heterocycles. The second-order valence-electron chi connectivity index (χ2n) is 11.3. The number of nitrogens with zero attached hydrogens (tertiary/aromatic N) is 3. The Bertz CT molecular complexity index is 1700. The van der Waals surface area contributed by atoms with Crippen molar-refractivity contribution in [2.45, 2.75) is 69.1 Å². The van der Waals surface area contributed by atoms with Gasteiger partial charge in [0.2, 0.25) is 0 Å². The smallest absolute Gasteiger partial charge is 0.344 e. The first kappa shape index (κ1) is 26.7. The lowest BCUT2D eigenvalue weighted by Gasteiger charge is -2.38. The predicted molar refractivity (Wildman–Crippen MR) is 153 cm³/mol. The molecule has 1 unspecified atom stereocenters. The summed E-state index contributed by atoms with van der Waals surface area (Å²) in [6.45, 7) is 2.03. The molecule has 3 aliphatic rings. The van der Waals surface area contributed by atoms with Crippen molar-refractivity contribution in [3.8, 4) is 11.3 Å². The van der Waals surface area contributed by atoms with Crippen molar-refractivity contribution in [1.82, 2.24) is 10.1 Å². The zero-order chi connectivity index (χ0) is 28.6. The van der Waals surface area contributed by atoms with Gasteiger partial charge in [-0.2, -0.15) is 0 Å². The topological polar surface area (TPSA) is 106 Å². The van der Waals surface area contributed by atoms with Crippen molar-refractivity contribution in [3.63, 3.8) is 0 Å². The molecule has 212 valence electrons. The Labute approximate surface area is 248 Å². The lowest BCUT2D eigenvalue weighted by Crippen LogP contribution is -2.46. The molecule has 0 radical (unpaired) electrons. The number of esters is 1. The van der Waals surface area contributed by atoms with Crippen LogP contribution in [0.4, 0.5) is 9.52 Å². The Morgan fingerprint density at radius 3 is 2.49 bits per heavy atom. The standard InChI is InChI=1S/C29H24Cl2FN3O5S/c1-29(7-8-29)25-22(24(34-40-25)21-17(30)3-2-4-18(21)31)27(38)39-16-11-14-5-6-15(12-16)35(14)28-33-23-19(32)9-13(26(36)37)10-20(23)41-28/h2-4,9-10,14-16H,5-8,11-12H2,1H3,(H,36,37)/t14-,15?,16+/m0/s1. The van der Waals surface area contributed by atoms with Crippen LogP contribution in [-0.4, -0.2) is 45.4 Å². The van der Waals surface area contributed by atoms with E-state index in [9.17, 15) is 19.1 Å². The van der Waals surface area contributed by atoms with Gasteiger partial charge < -0.3 is 19.3 Å². The third-order valence-electron chi connectivity index (χ3n) is 8.51. The first-order chi connectivity index (χ1) is 19.6. The third-order valence-corrected chi connectivity index (χ3v) is 10.2. The third kappa shape index (κ3) is 4.47. The molecule has 1 aliphatic carbocycles. The fourth-order valence-corrected chi connectivity index (χ4v) is 7.90. The molecule has 0 spiro atoms. The number of halogens is 3. The number of piperidine rings is 1. The number of carboxylic acids is 1. The highest BCUT2D eigenvalue weighted by molar-refractivity contribution is 7.22. The summed E-state index contributed by atoms with van der Waals surface area (Å²) in [5.74, 6) is -1.86. The summed E-state index contributed by atoms with van der Waals surface area (Å²) in [6, 6.07) is 7.66. The van der Waals surface area contributed by atoms with Gasteiger partial charge >= 0.3 is 11.9 Å². The van der Waals surface area contributed by atoms with Gasteiger partial charge in [-0.15, -0.1) is 0 Å². The number of carboxylic acid groups (broad SMARTS) is 1. The van der Waals surface area contributed by atoms with Crippen LogP contribution in [0.15, 0.2) is 34.9 Å². The van der Waals surface area contributed by atoms with Crippen molar-refractivity contribution < 1.29 is 28.3 Å². The van der Waals surface area contributed by atoms with Gasteiger partial charge in [0.15, 0.2) is 16.7 Å². The maximum atomic E-state index is 14.6. The largest absolute Gasteiger partial charge is 0.478 e. The van der Waals surface area contributed by atoms with E-state index in [1.165, 1.54) is 17.4 Å². The van der Waals surface area contributed by atoms with Gasteiger partial charge in [-0.3, -0.25) is 0 Å². The highest BCUT2D eigenvalue weighted by Crippen LogP contribution is 2.51.